The maximum Gasteiger partial charge on any atom is 0.254 e. The van der Waals surface area contributed by atoms with Crippen molar-refractivity contribution in [3.63, 3.8) is 0 Å². The predicted molar refractivity (Wildman–Crippen MR) is 136 cm³/mol. The van der Waals surface area contributed by atoms with Gasteiger partial charge in [0.15, 0.2) is 0 Å². The van der Waals surface area contributed by atoms with Crippen LogP contribution in [0.15, 0.2) is 66.9 Å². The number of nitrogens with one attached hydrogen (secondary N) is 1. The van der Waals surface area contributed by atoms with Gasteiger partial charge in [-0.1, -0.05) is 35.9 Å². The van der Waals surface area contributed by atoms with E-state index in [9.17, 15) is 14.0 Å². The number of hydrogen-bond acceptors (Lipinski definition) is 4. The molecule has 8 heteroatoms. The molecule has 36 heavy (non-hydrogen) atoms. The van der Waals surface area contributed by atoms with E-state index in [1.807, 2.05) is 37.3 Å². The van der Waals surface area contributed by atoms with Gasteiger partial charge in [0.25, 0.3) is 5.91 Å². The second kappa shape index (κ2) is 10.1. The molecular formula is C28H25ClFN3O3. The van der Waals surface area contributed by atoms with Crippen LogP contribution in [-0.2, 0) is 17.8 Å². The van der Waals surface area contributed by atoms with Gasteiger partial charge >= 0.3 is 0 Å². The molecule has 3 heterocycles. The lowest BCUT2D eigenvalue weighted by Gasteiger charge is -2.34. The fourth-order valence-corrected chi connectivity index (χ4v) is 4.53. The van der Waals surface area contributed by atoms with E-state index in [2.05, 4.69) is 10.3 Å². The van der Waals surface area contributed by atoms with Gasteiger partial charge in [-0.2, -0.15) is 0 Å². The van der Waals surface area contributed by atoms with Gasteiger partial charge in [-0.3, -0.25) is 14.6 Å². The first kappa shape index (κ1) is 24.0. The highest BCUT2D eigenvalue weighted by Gasteiger charge is 2.31. The van der Waals surface area contributed by atoms with Crippen LogP contribution in [0.5, 0.6) is 5.75 Å². The molecule has 1 unspecified atom stereocenters. The second-order valence-electron chi connectivity index (χ2n) is 9.03. The highest BCUT2D eigenvalue weighted by molar-refractivity contribution is 6.32. The number of alkyl halides is 1. The number of carbonyl (C=O) groups is 2. The number of aryl methyl sites for hydroxylation is 1. The van der Waals surface area contributed by atoms with Crippen molar-refractivity contribution in [2.45, 2.75) is 32.2 Å². The molecule has 2 aromatic carbocycles. The van der Waals surface area contributed by atoms with Gasteiger partial charge in [0.2, 0.25) is 5.91 Å². The van der Waals surface area contributed by atoms with E-state index in [-0.39, 0.29) is 31.0 Å². The summed E-state index contributed by atoms with van der Waals surface area (Å²) in [5.74, 6) is 0.218. The van der Waals surface area contributed by atoms with Crippen LogP contribution >= 0.6 is 11.6 Å². The number of rotatable bonds is 6. The lowest BCUT2D eigenvalue weighted by molar-refractivity contribution is -0.116. The van der Waals surface area contributed by atoms with Crippen molar-refractivity contribution in [1.29, 1.82) is 0 Å². The third-order valence-electron chi connectivity index (χ3n) is 6.36. The maximum atomic E-state index is 13.1. The molecule has 0 saturated carbocycles. The van der Waals surface area contributed by atoms with E-state index < -0.39 is 6.17 Å². The van der Waals surface area contributed by atoms with E-state index >= 15 is 0 Å². The molecule has 2 aliphatic heterocycles. The van der Waals surface area contributed by atoms with Crippen molar-refractivity contribution in [2.75, 3.05) is 13.1 Å². The summed E-state index contributed by atoms with van der Waals surface area (Å²) in [7, 11) is 0. The molecule has 1 fully saturated rings. The molecule has 3 aromatic rings. The Bertz CT molecular complexity index is 1320. The molecule has 0 radical (unpaired) electrons. The number of fused-ring (bicyclic) bond motifs is 1. The smallest absolute Gasteiger partial charge is 0.254 e. The van der Waals surface area contributed by atoms with Gasteiger partial charge in [-0.15, -0.1) is 0 Å². The summed E-state index contributed by atoms with van der Waals surface area (Å²) in [6, 6.07) is 14.8. The molecule has 1 aromatic heterocycles. The Labute approximate surface area is 213 Å². The molecule has 1 atom stereocenters. The molecular weight excluding hydrogens is 481 g/mol. The summed E-state index contributed by atoms with van der Waals surface area (Å²) in [4.78, 5) is 30.5. The molecule has 6 nitrogen and oxygen atoms in total. The zero-order chi connectivity index (χ0) is 25.2. The van der Waals surface area contributed by atoms with Gasteiger partial charge in [0, 0.05) is 42.1 Å². The largest absolute Gasteiger partial charge is 0.484 e. The second-order valence-corrected chi connectivity index (χ2v) is 9.44. The van der Waals surface area contributed by atoms with Crippen molar-refractivity contribution >= 4 is 23.4 Å². The molecule has 2 aliphatic rings. The van der Waals surface area contributed by atoms with Crippen LogP contribution in [0, 0.1) is 6.92 Å². The molecule has 2 amide bonds. The van der Waals surface area contributed by atoms with Crippen LogP contribution < -0.4 is 10.1 Å². The van der Waals surface area contributed by atoms with E-state index in [0.717, 1.165) is 27.9 Å². The average Bonchev–Trinajstić information content (AvgIpc) is 3.30. The Hall–Kier alpha value is -3.71. The van der Waals surface area contributed by atoms with Crippen molar-refractivity contribution in [3.8, 4) is 16.9 Å². The van der Waals surface area contributed by atoms with Crippen molar-refractivity contribution in [3.05, 3.63) is 94.3 Å². The van der Waals surface area contributed by atoms with E-state index in [1.165, 1.54) is 11.0 Å². The Balaban J connectivity index is 1.24. The van der Waals surface area contributed by atoms with Crippen LogP contribution in [0.2, 0.25) is 5.02 Å². The van der Waals surface area contributed by atoms with Crippen LogP contribution in [0.25, 0.3) is 11.1 Å². The Kier molecular flexibility index (Phi) is 6.74. The molecule has 5 rings (SSSR count). The number of amides is 2. The number of pyridine rings is 1. The zero-order valence-electron chi connectivity index (χ0n) is 19.7. The standard InChI is InChI=1S/C28H25ClFN3O3/c1-17-2-3-18(13-31-17)14-32-26(34)11-8-22-12-24-23(9-10-25(29)27(24)36-22)19-4-6-20(7-5-19)28(35)33-15-21(30)16-33/h2-11,13,21-22H,12,14-16H2,1H3,(H,32,34)/b11-8+. The quantitative estimate of drug-likeness (QED) is 0.494. The Morgan fingerprint density at radius 1 is 1.17 bits per heavy atom. The number of ether oxygens (including phenoxy) is 1. The highest BCUT2D eigenvalue weighted by atomic mass is 35.5. The van der Waals surface area contributed by atoms with Gasteiger partial charge < -0.3 is 15.0 Å². The number of hydrogen-bond donors (Lipinski definition) is 1. The third-order valence-corrected chi connectivity index (χ3v) is 6.65. The number of aromatic nitrogens is 1. The van der Waals surface area contributed by atoms with E-state index in [4.69, 9.17) is 16.3 Å². The fraction of sp³-hybridized carbons (Fsp3) is 0.250. The zero-order valence-corrected chi connectivity index (χ0v) is 20.5. The summed E-state index contributed by atoms with van der Waals surface area (Å²) in [5.41, 5.74) is 5.20. The first-order chi connectivity index (χ1) is 17.4. The van der Waals surface area contributed by atoms with Crippen LogP contribution in [0.3, 0.4) is 0 Å². The van der Waals surface area contributed by atoms with Gasteiger partial charge in [-0.05, 0) is 54.0 Å². The van der Waals surface area contributed by atoms with Crippen LogP contribution in [-0.4, -0.2) is 47.1 Å². The average molecular weight is 506 g/mol. The van der Waals surface area contributed by atoms with Crippen LogP contribution in [0.4, 0.5) is 4.39 Å². The molecule has 0 aliphatic carbocycles. The lowest BCUT2D eigenvalue weighted by Crippen LogP contribution is -2.51. The Morgan fingerprint density at radius 2 is 1.94 bits per heavy atom. The summed E-state index contributed by atoms with van der Waals surface area (Å²) in [5, 5.41) is 3.35. The number of likely N-dealkylation sites (tertiary alicyclic amines) is 1. The molecule has 184 valence electrons. The third kappa shape index (κ3) is 5.11. The highest BCUT2D eigenvalue weighted by Crippen LogP contribution is 2.42. The minimum absolute atomic E-state index is 0.151. The molecule has 1 saturated heterocycles. The van der Waals surface area contributed by atoms with Crippen molar-refractivity contribution in [2.24, 2.45) is 0 Å². The summed E-state index contributed by atoms with van der Waals surface area (Å²) in [6.45, 7) is 2.61. The van der Waals surface area contributed by atoms with Gasteiger partial charge in [-0.25, -0.2) is 4.39 Å². The van der Waals surface area contributed by atoms with Crippen LogP contribution in [0.1, 0.15) is 27.2 Å². The first-order valence-electron chi connectivity index (χ1n) is 11.8. The monoisotopic (exact) mass is 505 g/mol. The number of carbonyl (C=O) groups excluding carboxylic acids is 2. The summed E-state index contributed by atoms with van der Waals surface area (Å²) in [6.07, 6.45) is 4.25. The fourth-order valence-electron chi connectivity index (χ4n) is 4.31. The van der Waals surface area contributed by atoms with Gasteiger partial charge in [0.1, 0.15) is 18.0 Å². The van der Waals surface area contributed by atoms with E-state index in [0.29, 0.717) is 29.3 Å². The first-order valence-corrected chi connectivity index (χ1v) is 12.1. The normalized spacial score (nSPS) is 17.0. The SMILES string of the molecule is Cc1ccc(CNC(=O)/C=C/C2Cc3c(-c4ccc(C(=O)N5CC(F)C5)cc4)ccc(Cl)c3O2)cn1. The van der Waals surface area contributed by atoms with Crippen molar-refractivity contribution < 1.29 is 18.7 Å². The number of benzene rings is 2. The summed E-state index contributed by atoms with van der Waals surface area (Å²) < 4.78 is 19.1. The Morgan fingerprint density at radius 3 is 2.64 bits per heavy atom. The molecule has 1 N–H and O–H groups in total. The number of nitrogens with zero attached hydrogens (tertiary/aromatic N) is 2. The molecule has 0 spiro atoms. The minimum Gasteiger partial charge on any atom is -0.484 e. The summed E-state index contributed by atoms with van der Waals surface area (Å²) >= 11 is 6.41. The number of halogens is 2. The lowest BCUT2D eigenvalue weighted by atomic mass is 9.95. The van der Waals surface area contributed by atoms with Crippen molar-refractivity contribution in [1.82, 2.24) is 15.2 Å². The minimum atomic E-state index is -0.927. The predicted octanol–water partition coefficient (Wildman–Crippen LogP) is 4.68. The topological polar surface area (TPSA) is 71.5 Å². The maximum absolute atomic E-state index is 13.1. The molecule has 0 bridgehead atoms. The van der Waals surface area contributed by atoms with Gasteiger partial charge in [0.05, 0.1) is 18.1 Å². The van der Waals surface area contributed by atoms with E-state index in [1.54, 1.807) is 30.5 Å².